The van der Waals surface area contributed by atoms with Crippen molar-refractivity contribution in [1.82, 2.24) is 14.7 Å². The van der Waals surface area contributed by atoms with Gasteiger partial charge in [-0.2, -0.15) is 5.10 Å². The van der Waals surface area contributed by atoms with Gasteiger partial charge in [0.25, 0.3) is 0 Å². The summed E-state index contributed by atoms with van der Waals surface area (Å²) in [5.74, 6) is 0. The van der Waals surface area contributed by atoms with Gasteiger partial charge in [0.1, 0.15) is 0 Å². The number of aryl methyl sites for hydroxylation is 2. The van der Waals surface area contributed by atoms with Crippen LogP contribution in [0.3, 0.4) is 0 Å². The largest absolute Gasteiger partial charge is 0.348 e. The van der Waals surface area contributed by atoms with Crippen molar-refractivity contribution in [2.75, 3.05) is 12.4 Å². The quantitative estimate of drug-likeness (QED) is 0.836. The van der Waals surface area contributed by atoms with E-state index in [2.05, 4.69) is 10.4 Å². The molecule has 2 rings (SSSR count). The minimum absolute atomic E-state index is 0.576. The summed E-state index contributed by atoms with van der Waals surface area (Å²) in [6, 6.07) is 5.24. The first-order chi connectivity index (χ1) is 10.3. The molecular weight excluding hydrogens is 339 g/mol. The summed E-state index contributed by atoms with van der Waals surface area (Å²) >= 11 is 17.6. The SMILES string of the molecule is Cc1nn(C)c(C)c1CN(C)C(=S)Nc1cc(Cl)ccc1Cl. The average molecular weight is 357 g/mol. The first kappa shape index (κ1) is 17.1. The minimum Gasteiger partial charge on any atom is -0.348 e. The van der Waals surface area contributed by atoms with Crippen molar-refractivity contribution < 1.29 is 0 Å². The number of hydrogen-bond acceptors (Lipinski definition) is 2. The lowest BCUT2D eigenvalue weighted by atomic mass is 10.2. The Morgan fingerprint density at radius 3 is 2.64 bits per heavy atom. The molecule has 2 aromatic rings. The summed E-state index contributed by atoms with van der Waals surface area (Å²) in [7, 11) is 3.87. The third-order valence-corrected chi connectivity index (χ3v) is 4.55. The first-order valence-corrected chi connectivity index (χ1v) is 7.92. The van der Waals surface area contributed by atoms with Gasteiger partial charge in [-0.3, -0.25) is 4.68 Å². The van der Waals surface area contributed by atoms with E-state index in [1.54, 1.807) is 18.2 Å². The van der Waals surface area contributed by atoms with E-state index in [4.69, 9.17) is 35.4 Å². The third kappa shape index (κ3) is 3.72. The van der Waals surface area contributed by atoms with Crippen LogP contribution < -0.4 is 5.32 Å². The predicted molar refractivity (Wildman–Crippen MR) is 96.8 cm³/mol. The Hall–Kier alpha value is -1.30. The Bertz CT molecular complexity index is 712. The van der Waals surface area contributed by atoms with Gasteiger partial charge in [0, 0.05) is 36.9 Å². The standard InChI is InChI=1S/C15H18Cl2N4S/c1-9-12(10(2)21(4)19-9)8-20(3)15(22)18-14-7-11(16)5-6-13(14)17/h5-7H,8H2,1-4H3,(H,18,22). The third-order valence-electron chi connectivity index (χ3n) is 3.57. The summed E-state index contributed by atoms with van der Waals surface area (Å²) in [6.45, 7) is 4.73. The summed E-state index contributed by atoms with van der Waals surface area (Å²) < 4.78 is 1.88. The van der Waals surface area contributed by atoms with E-state index in [1.165, 1.54) is 5.56 Å². The molecule has 7 heteroatoms. The van der Waals surface area contributed by atoms with E-state index in [9.17, 15) is 0 Å². The molecule has 22 heavy (non-hydrogen) atoms. The van der Waals surface area contributed by atoms with Gasteiger partial charge in [-0.05, 0) is 44.3 Å². The van der Waals surface area contributed by atoms with E-state index in [-0.39, 0.29) is 0 Å². The van der Waals surface area contributed by atoms with Gasteiger partial charge in [-0.1, -0.05) is 23.2 Å². The van der Waals surface area contributed by atoms with Gasteiger partial charge in [-0.25, -0.2) is 0 Å². The fraction of sp³-hybridized carbons (Fsp3) is 0.333. The number of anilines is 1. The van der Waals surface area contributed by atoms with Crippen LogP contribution in [0.15, 0.2) is 18.2 Å². The summed E-state index contributed by atoms with van der Waals surface area (Å²) in [5, 5.41) is 9.31. The number of hydrogen-bond donors (Lipinski definition) is 1. The molecule has 0 aliphatic rings. The number of benzene rings is 1. The van der Waals surface area contributed by atoms with E-state index < -0.39 is 0 Å². The molecule has 118 valence electrons. The van der Waals surface area contributed by atoms with Crippen molar-refractivity contribution in [1.29, 1.82) is 0 Å². The van der Waals surface area contributed by atoms with Gasteiger partial charge < -0.3 is 10.2 Å². The second-order valence-corrected chi connectivity index (χ2v) is 6.41. The van der Waals surface area contributed by atoms with E-state index in [0.717, 1.165) is 11.4 Å². The second kappa shape index (κ2) is 6.86. The van der Waals surface area contributed by atoms with Crippen LogP contribution in [0, 0.1) is 13.8 Å². The second-order valence-electron chi connectivity index (χ2n) is 5.18. The summed E-state index contributed by atoms with van der Waals surface area (Å²) in [5.41, 5.74) is 4.01. The fourth-order valence-electron chi connectivity index (χ4n) is 2.16. The predicted octanol–water partition coefficient (Wildman–Crippen LogP) is 4.17. The van der Waals surface area contributed by atoms with Crippen molar-refractivity contribution in [3.8, 4) is 0 Å². The maximum Gasteiger partial charge on any atom is 0.173 e. The number of aromatic nitrogens is 2. The highest BCUT2D eigenvalue weighted by Crippen LogP contribution is 2.26. The highest BCUT2D eigenvalue weighted by Gasteiger charge is 2.14. The lowest BCUT2D eigenvalue weighted by Crippen LogP contribution is -2.31. The monoisotopic (exact) mass is 356 g/mol. The maximum atomic E-state index is 6.15. The van der Waals surface area contributed by atoms with Gasteiger partial charge in [-0.15, -0.1) is 0 Å². The zero-order chi connectivity index (χ0) is 16.4. The van der Waals surface area contributed by atoms with Crippen molar-refractivity contribution in [3.05, 3.63) is 45.2 Å². The highest BCUT2D eigenvalue weighted by atomic mass is 35.5. The summed E-state index contributed by atoms with van der Waals surface area (Å²) in [4.78, 5) is 1.95. The molecule has 0 saturated heterocycles. The van der Waals surface area contributed by atoms with Crippen LogP contribution in [0.2, 0.25) is 10.0 Å². The Labute approximate surface area is 146 Å². The number of thiocarbonyl (C=S) groups is 1. The van der Waals surface area contributed by atoms with Gasteiger partial charge in [0.05, 0.1) is 16.4 Å². The van der Waals surface area contributed by atoms with Crippen LogP contribution in [0.5, 0.6) is 0 Å². The molecule has 0 bridgehead atoms. The van der Waals surface area contributed by atoms with E-state index in [0.29, 0.717) is 27.4 Å². The van der Waals surface area contributed by atoms with Crippen LogP contribution in [-0.4, -0.2) is 26.8 Å². The fourth-order valence-corrected chi connectivity index (χ4v) is 2.67. The molecule has 4 nitrogen and oxygen atoms in total. The number of rotatable bonds is 3. The molecule has 0 radical (unpaired) electrons. The van der Waals surface area contributed by atoms with Crippen LogP contribution in [-0.2, 0) is 13.6 Å². The van der Waals surface area contributed by atoms with Crippen molar-refractivity contribution in [3.63, 3.8) is 0 Å². The van der Waals surface area contributed by atoms with Gasteiger partial charge in [0.15, 0.2) is 5.11 Å². The topological polar surface area (TPSA) is 33.1 Å². The molecule has 0 aliphatic heterocycles. The summed E-state index contributed by atoms with van der Waals surface area (Å²) in [6.07, 6.45) is 0. The zero-order valence-electron chi connectivity index (χ0n) is 12.9. The molecule has 1 aromatic heterocycles. The molecule has 0 spiro atoms. The molecule has 0 unspecified atom stereocenters. The minimum atomic E-state index is 0.576. The smallest absolute Gasteiger partial charge is 0.173 e. The van der Waals surface area contributed by atoms with Crippen LogP contribution in [0.1, 0.15) is 17.0 Å². The van der Waals surface area contributed by atoms with Gasteiger partial charge in [0.2, 0.25) is 0 Å². The number of nitrogens with one attached hydrogen (secondary N) is 1. The van der Waals surface area contributed by atoms with E-state index in [1.807, 2.05) is 37.5 Å². The molecule has 0 fully saturated rings. The molecule has 0 saturated carbocycles. The zero-order valence-corrected chi connectivity index (χ0v) is 15.3. The molecule has 0 amide bonds. The molecule has 1 heterocycles. The van der Waals surface area contributed by atoms with Crippen LogP contribution >= 0.6 is 35.4 Å². The average Bonchev–Trinajstić information content (AvgIpc) is 2.69. The van der Waals surface area contributed by atoms with Gasteiger partial charge >= 0.3 is 0 Å². The first-order valence-electron chi connectivity index (χ1n) is 6.76. The van der Waals surface area contributed by atoms with E-state index >= 15 is 0 Å². The highest BCUT2D eigenvalue weighted by molar-refractivity contribution is 7.80. The number of nitrogens with zero attached hydrogens (tertiary/aromatic N) is 3. The van der Waals surface area contributed by atoms with Crippen LogP contribution in [0.4, 0.5) is 5.69 Å². The Morgan fingerprint density at radius 2 is 2.05 bits per heavy atom. The normalized spacial score (nSPS) is 10.6. The lowest BCUT2D eigenvalue weighted by molar-refractivity contribution is 0.505. The molecule has 1 N–H and O–H groups in total. The lowest BCUT2D eigenvalue weighted by Gasteiger charge is -2.22. The molecule has 0 atom stereocenters. The number of halogens is 2. The van der Waals surface area contributed by atoms with Crippen molar-refractivity contribution in [2.45, 2.75) is 20.4 Å². The molecular formula is C15H18Cl2N4S. The Kier molecular flexibility index (Phi) is 5.32. The van der Waals surface area contributed by atoms with Crippen molar-refractivity contribution >= 4 is 46.2 Å². The molecule has 0 aliphatic carbocycles. The molecule has 1 aromatic carbocycles. The maximum absolute atomic E-state index is 6.15. The Balaban J connectivity index is 2.11. The van der Waals surface area contributed by atoms with Crippen molar-refractivity contribution in [2.24, 2.45) is 7.05 Å². The van der Waals surface area contributed by atoms with Crippen LogP contribution in [0.25, 0.3) is 0 Å². The Morgan fingerprint density at radius 1 is 1.36 bits per heavy atom.